The van der Waals surface area contributed by atoms with Crippen LogP contribution in [-0.4, -0.2) is 19.8 Å². The zero-order valence-electron chi connectivity index (χ0n) is 10.6. The number of methoxy groups -OCH3 is 1. The Morgan fingerprint density at radius 1 is 1.24 bits per heavy atom. The van der Waals surface area contributed by atoms with Crippen molar-refractivity contribution < 1.29 is 9.47 Å². The van der Waals surface area contributed by atoms with Crippen LogP contribution < -0.4 is 4.74 Å². The maximum absolute atomic E-state index is 5.73. The highest BCUT2D eigenvalue weighted by atomic mass is 35.5. The molecule has 0 radical (unpaired) electrons. The van der Waals surface area contributed by atoms with Crippen molar-refractivity contribution in [2.45, 2.75) is 38.2 Å². The Hall–Kier alpha value is -0.730. The summed E-state index contributed by atoms with van der Waals surface area (Å²) in [7, 11) is 1.74. The van der Waals surface area contributed by atoms with Gasteiger partial charge in [-0.15, -0.1) is 11.6 Å². The molecule has 0 aliphatic rings. The van der Waals surface area contributed by atoms with E-state index in [0.717, 1.165) is 17.7 Å². The summed E-state index contributed by atoms with van der Waals surface area (Å²) in [6.45, 7) is 2.79. The third-order valence-corrected chi connectivity index (χ3v) is 3.04. The van der Waals surface area contributed by atoms with Crippen LogP contribution in [0.15, 0.2) is 24.3 Å². The number of halogens is 1. The van der Waals surface area contributed by atoms with Crippen LogP contribution in [0.5, 0.6) is 5.75 Å². The van der Waals surface area contributed by atoms with E-state index in [0.29, 0.717) is 12.5 Å². The molecule has 0 heterocycles. The first-order chi connectivity index (χ1) is 8.30. The molecule has 0 N–H and O–H groups in total. The highest BCUT2D eigenvalue weighted by Gasteiger charge is 2.07. The molecule has 0 aromatic heterocycles. The number of unbranched alkanes of at least 4 members (excludes halogenated alkanes) is 1. The van der Waals surface area contributed by atoms with Gasteiger partial charge in [0.15, 0.2) is 0 Å². The molecule has 0 bridgehead atoms. The van der Waals surface area contributed by atoms with Crippen molar-refractivity contribution in [2.75, 3.05) is 13.7 Å². The van der Waals surface area contributed by atoms with Gasteiger partial charge >= 0.3 is 0 Å². The minimum absolute atomic E-state index is 0.183. The summed E-state index contributed by atoms with van der Waals surface area (Å²) in [5.41, 5.74) is 1.10. The molecule has 0 fully saturated rings. The number of hydrogen-bond donors (Lipinski definition) is 0. The van der Waals surface area contributed by atoms with Gasteiger partial charge in [-0.05, 0) is 24.1 Å². The van der Waals surface area contributed by atoms with Crippen LogP contribution >= 0.6 is 11.6 Å². The predicted molar refractivity (Wildman–Crippen MR) is 71.8 cm³/mol. The van der Waals surface area contributed by atoms with Crippen molar-refractivity contribution in [2.24, 2.45) is 0 Å². The topological polar surface area (TPSA) is 18.5 Å². The van der Waals surface area contributed by atoms with E-state index in [4.69, 9.17) is 21.1 Å². The average Bonchev–Trinajstić information content (AvgIpc) is 2.39. The normalized spacial score (nSPS) is 12.4. The minimum atomic E-state index is 0.183. The summed E-state index contributed by atoms with van der Waals surface area (Å²) < 4.78 is 11.1. The number of hydrogen-bond acceptors (Lipinski definition) is 2. The molecule has 0 saturated carbocycles. The zero-order valence-corrected chi connectivity index (χ0v) is 11.4. The van der Waals surface area contributed by atoms with E-state index in [1.165, 1.54) is 12.8 Å². The molecule has 96 valence electrons. The van der Waals surface area contributed by atoms with E-state index in [-0.39, 0.29) is 6.10 Å². The number of benzene rings is 1. The number of ether oxygens (including phenoxy) is 2. The van der Waals surface area contributed by atoms with E-state index in [1.807, 2.05) is 24.3 Å². The predicted octanol–water partition coefficient (Wildman–Crippen LogP) is 4.01. The van der Waals surface area contributed by atoms with Crippen LogP contribution in [0.2, 0.25) is 0 Å². The third kappa shape index (κ3) is 5.42. The summed E-state index contributed by atoms with van der Waals surface area (Å²) in [5, 5.41) is 0. The van der Waals surface area contributed by atoms with Crippen LogP contribution in [0.4, 0.5) is 0 Å². The first-order valence-electron chi connectivity index (χ1n) is 6.10. The molecule has 0 aliphatic heterocycles. The van der Waals surface area contributed by atoms with Crippen molar-refractivity contribution in [3.05, 3.63) is 29.8 Å². The Bertz CT molecular complexity index is 298. The largest absolute Gasteiger partial charge is 0.491 e. The minimum Gasteiger partial charge on any atom is -0.491 e. The Labute approximate surface area is 109 Å². The Morgan fingerprint density at radius 2 is 1.94 bits per heavy atom. The van der Waals surface area contributed by atoms with Crippen LogP contribution in [-0.2, 0) is 10.6 Å². The molecule has 1 aromatic rings. The Kier molecular flexibility index (Phi) is 7.06. The van der Waals surface area contributed by atoms with Gasteiger partial charge in [-0.2, -0.15) is 0 Å². The monoisotopic (exact) mass is 256 g/mol. The van der Waals surface area contributed by atoms with Gasteiger partial charge in [-0.25, -0.2) is 0 Å². The Balaban J connectivity index is 2.36. The molecule has 3 heteroatoms. The fraction of sp³-hybridized carbons (Fsp3) is 0.571. The number of rotatable bonds is 8. The van der Waals surface area contributed by atoms with Gasteiger partial charge in [0.2, 0.25) is 0 Å². The lowest BCUT2D eigenvalue weighted by Crippen LogP contribution is -2.20. The zero-order chi connectivity index (χ0) is 12.5. The van der Waals surface area contributed by atoms with Crippen molar-refractivity contribution in [1.82, 2.24) is 0 Å². The van der Waals surface area contributed by atoms with Crippen molar-refractivity contribution in [1.29, 1.82) is 0 Å². The van der Waals surface area contributed by atoms with Crippen molar-refractivity contribution in [3.8, 4) is 5.75 Å². The maximum atomic E-state index is 5.73. The molecule has 1 unspecified atom stereocenters. The molecule has 17 heavy (non-hydrogen) atoms. The lowest BCUT2D eigenvalue weighted by Gasteiger charge is -2.15. The van der Waals surface area contributed by atoms with E-state index < -0.39 is 0 Å². The van der Waals surface area contributed by atoms with Crippen LogP contribution in [0.1, 0.15) is 31.7 Å². The van der Waals surface area contributed by atoms with Gasteiger partial charge in [-0.3, -0.25) is 0 Å². The van der Waals surface area contributed by atoms with E-state index in [1.54, 1.807) is 7.11 Å². The molecule has 2 nitrogen and oxygen atoms in total. The lowest BCUT2D eigenvalue weighted by atomic mass is 10.2. The third-order valence-electron chi connectivity index (χ3n) is 2.73. The van der Waals surface area contributed by atoms with Gasteiger partial charge in [0.1, 0.15) is 12.4 Å². The summed E-state index contributed by atoms with van der Waals surface area (Å²) in [4.78, 5) is 0. The average molecular weight is 257 g/mol. The van der Waals surface area contributed by atoms with Gasteiger partial charge < -0.3 is 9.47 Å². The molecule has 0 spiro atoms. The lowest BCUT2D eigenvalue weighted by molar-refractivity contribution is 0.0505. The van der Waals surface area contributed by atoms with Gasteiger partial charge in [0.05, 0.1) is 6.10 Å². The summed E-state index contributed by atoms with van der Waals surface area (Å²) in [5.74, 6) is 1.41. The molecular weight excluding hydrogens is 236 g/mol. The maximum Gasteiger partial charge on any atom is 0.119 e. The quantitative estimate of drug-likeness (QED) is 0.655. The Morgan fingerprint density at radius 3 is 2.47 bits per heavy atom. The molecular formula is C14H21ClO2. The SMILES string of the molecule is CCCCC(COc1ccc(CCl)cc1)OC. The van der Waals surface area contributed by atoms with E-state index >= 15 is 0 Å². The molecule has 0 amide bonds. The van der Waals surface area contributed by atoms with Gasteiger partial charge in [-0.1, -0.05) is 31.9 Å². The summed E-state index contributed by atoms with van der Waals surface area (Å²) in [6.07, 6.45) is 3.59. The fourth-order valence-electron chi connectivity index (χ4n) is 1.56. The standard InChI is InChI=1S/C14H21ClO2/c1-3-4-5-14(16-2)11-17-13-8-6-12(10-15)7-9-13/h6-9,14H,3-5,10-11H2,1-2H3. The summed E-state index contributed by atoms with van der Waals surface area (Å²) >= 11 is 5.73. The van der Waals surface area contributed by atoms with E-state index in [2.05, 4.69) is 6.92 Å². The molecule has 0 saturated heterocycles. The second-order valence-corrected chi connectivity index (χ2v) is 4.36. The van der Waals surface area contributed by atoms with Crippen molar-refractivity contribution >= 4 is 11.6 Å². The smallest absolute Gasteiger partial charge is 0.119 e. The molecule has 1 aromatic carbocycles. The first kappa shape index (κ1) is 14.3. The first-order valence-corrected chi connectivity index (χ1v) is 6.64. The second kappa shape index (κ2) is 8.37. The number of alkyl halides is 1. The van der Waals surface area contributed by atoms with Crippen molar-refractivity contribution in [3.63, 3.8) is 0 Å². The highest BCUT2D eigenvalue weighted by molar-refractivity contribution is 6.17. The fourth-order valence-corrected chi connectivity index (χ4v) is 1.74. The van der Waals surface area contributed by atoms with E-state index in [9.17, 15) is 0 Å². The summed E-state index contributed by atoms with van der Waals surface area (Å²) in [6, 6.07) is 7.86. The molecule has 1 atom stereocenters. The highest BCUT2D eigenvalue weighted by Crippen LogP contribution is 2.15. The van der Waals surface area contributed by atoms with Gasteiger partial charge in [0, 0.05) is 13.0 Å². The second-order valence-electron chi connectivity index (χ2n) is 4.09. The van der Waals surface area contributed by atoms with Crippen LogP contribution in [0.25, 0.3) is 0 Å². The van der Waals surface area contributed by atoms with Crippen LogP contribution in [0, 0.1) is 0 Å². The molecule has 1 rings (SSSR count). The van der Waals surface area contributed by atoms with Gasteiger partial charge in [0.25, 0.3) is 0 Å². The van der Waals surface area contributed by atoms with Crippen LogP contribution in [0.3, 0.4) is 0 Å². The molecule has 0 aliphatic carbocycles.